The molecule has 0 aromatic heterocycles. The zero-order valence-corrected chi connectivity index (χ0v) is 15.3. The average Bonchev–Trinajstić information content (AvgIpc) is 2.58. The lowest BCUT2D eigenvalue weighted by atomic mass is 10.1. The molecule has 0 spiro atoms. The summed E-state index contributed by atoms with van der Waals surface area (Å²) in [5, 5.41) is 5.36. The topological polar surface area (TPSA) is 76.7 Å². The largest absolute Gasteiger partial charge is 0.492 e. The number of anilines is 1. The van der Waals surface area contributed by atoms with Crippen LogP contribution >= 0.6 is 0 Å². The standard InChI is InChI=1S/C20H24N2O4/c1-4-25-19(23)17-7-5-6-8-18(17)22-20(24)21-9-10-26-16-12-14(2)11-15(3)13-16/h5-8,11-13H,4,9-10H2,1-3H3,(H2,21,22,24). The van der Waals surface area contributed by atoms with Gasteiger partial charge in [-0.05, 0) is 56.2 Å². The molecule has 0 heterocycles. The Bertz CT molecular complexity index is 754. The summed E-state index contributed by atoms with van der Waals surface area (Å²) in [5.41, 5.74) is 2.97. The van der Waals surface area contributed by atoms with Gasteiger partial charge < -0.3 is 20.1 Å². The van der Waals surface area contributed by atoms with Crippen LogP contribution in [0.1, 0.15) is 28.4 Å². The van der Waals surface area contributed by atoms with E-state index in [2.05, 4.69) is 16.7 Å². The van der Waals surface area contributed by atoms with Gasteiger partial charge in [0.05, 0.1) is 24.4 Å². The predicted molar refractivity (Wildman–Crippen MR) is 101 cm³/mol. The molecule has 0 aliphatic heterocycles. The molecule has 2 rings (SSSR count). The van der Waals surface area contributed by atoms with Crippen LogP contribution in [0.4, 0.5) is 10.5 Å². The van der Waals surface area contributed by atoms with Crippen molar-refractivity contribution in [2.75, 3.05) is 25.1 Å². The number of aryl methyl sites for hydroxylation is 2. The van der Waals surface area contributed by atoms with Crippen LogP contribution in [-0.4, -0.2) is 31.8 Å². The molecular weight excluding hydrogens is 332 g/mol. The van der Waals surface area contributed by atoms with E-state index in [1.807, 2.05) is 26.0 Å². The normalized spacial score (nSPS) is 10.1. The molecule has 0 atom stereocenters. The smallest absolute Gasteiger partial charge is 0.340 e. The maximum Gasteiger partial charge on any atom is 0.340 e. The number of carbonyl (C=O) groups excluding carboxylic acids is 2. The highest BCUT2D eigenvalue weighted by atomic mass is 16.5. The highest BCUT2D eigenvalue weighted by molar-refractivity contribution is 6.00. The lowest BCUT2D eigenvalue weighted by molar-refractivity contribution is 0.0527. The van der Waals surface area contributed by atoms with Crippen molar-refractivity contribution in [3.8, 4) is 5.75 Å². The van der Waals surface area contributed by atoms with Gasteiger partial charge in [0.1, 0.15) is 12.4 Å². The highest BCUT2D eigenvalue weighted by Crippen LogP contribution is 2.17. The van der Waals surface area contributed by atoms with Gasteiger partial charge in [0.15, 0.2) is 0 Å². The van der Waals surface area contributed by atoms with Crippen LogP contribution in [0.25, 0.3) is 0 Å². The fourth-order valence-corrected chi connectivity index (χ4v) is 2.50. The number of esters is 1. The van der Waals surface area contributed by atoms with Crippen molar-refractivity contribution in [3.63, 3.8) is 0 Å². The first-order valence-corrected chi connectivity index (χ1v) is 8.51. The van der Waals surface area contributed by atoms with Crippen LogP contribution < -0.4 is 15.4 Å². The summed E-state index contributed by atoms with van der Waals surface area (Å²) in [6.45, 7) is 6.70. The zero-order valence-electron chi connectivity index (χ0n) is 15.3. The molecule has 0 saturated carbocycles. The molecule has 0 aliphatic carbocycles. The van der Waals surface area contributed by atoms with Crippen molar-refractivity contribution in [2.24, 2.45) is 0 Å². The first kappa shape index (κ1) is 19.3. The van der Waals surface area contributed by atoms with Gasteiger partial charge >= 0.3 is 12.0 Å². The Morgan fingerprint density at radius 2 is 1.73 bits per heavy atom. The molecule has 2 N–H and O–H groups in total. The number of carbonyl (C=O) groups is 2. The number of hydrogen-bond acceptors (Lipinski definition) is 4. The summed E-state index contributed by atoms with van der Waals surface area (Å²) < 4.78 is 10.6. The van der Waals surface area contributed by atoms with Crippen LogP contribution in [0.5, 0.6) is 5.75 Å². The van der Waals surface area contributed by atoms with Crippen LogP contribution in [0.15, 0.2) is 42.5 Å². The van der Waals surface area contributed by atoms with Crippen molar-refractivity contribution < 1.29 is 19.1 Å². The number of nitrogens with one attached hydrogen (secondary N) is 2. The first-order valence-electron chi connectivity index (χ1n) is 8.51. The molecule has 0 bridgehead atoms. The molecule has 0 fully saturated rings. The number of amides is 2. The predicted octanol–water partition coefficient (Wildman–Crippen LogP) is 3.68. The highest BCUT2D eigenvalue weighted by Gasteiger charge is 2.13. The van der Waals surface area contributed by atoms with E-state index in [9.17, 15) is 9.59 Å². The van der Waals surface area contributed by atoms with E-state index < -0.39 is 12.0 Å². The molecule has 6 heteroatoms. The third-order valence-electron chi connectivity index (χ3n) is 3.52. The second kappa shape index (κ2) is 9.46. The molecule has 2 amide bonds. The maximum atomic E-state index is 12.0. The molecule has 0 saturated heterocycles. The van der Waals surface area contributed by atoms with Crippen LogP contribution in [-0.2, 0) is 4.74 Å². The molecule has 0 aliphatic rings. The Morgan fingerprint density at radius 3 is 2.42 bits per heavy atom. The van der Waals surface area contributed by atoms with Crippen LogP contribution in [0.3, 0.4) is 0 Å². The molecule has 2 aromatic rings. The summed E-state index contributed by atoms with van der Waals surface area (Å²) in [5.74, 6) is 0.305. The number of urea groups is 1. The van der Waals surface area contributed by atoms with E-state index >= 15 is 0 Å². The van der Waals surface area contributed by atoms with Gasteiger partial charge in [0.25, 0.3) is 0 Å². The van der Waals surface area contributed by atoms with Gasteiger partial charge in [-0.3, -0.25) is 0 Å². The SMILES string of the molecule is CCOC(=O)c1ccccc1NC(=O)NCCOc1cc(C)cc(C)c1. The average molecular weight is 356 g/mol. The fraction of sp³-hybridized carbons (Fsp3) is 0.300. The number of hydrogen-bond donors (Lipinski definition) is 2. The van der Waals surface area contributed by atoms with E-state index in [1.54, 1.807) is 31.2 Å². The lowest BCUT2D eigenvalue weighted by Crippen LogP contribution is -2.32. The van der Waals surface area contributed by atoms with E-state index in [-0.39, 0.29) is 6.61 Å². The van der Waals surface area contributed by atoms with Crippen molar-refractivity contribution in [1.29, 1.82) is 0 Å². The number of rotatable bonds is 7. The Labute approximate surface area is 153 Å². The Hall–Kier alpha value is -3.02. The minimum atomic E-state index is -0.471. The van der Waals surface area contributed by atoms with Crippen molar-refractivity contribution in [3.05, 3.63) is 59.2 Å². The van der Waals surface area contributed by atoms with Crippen molar-refractivity contribution >= 4 is 17.7 Å². The fourth-order valence-electron chi connectivity index (χ4n) is 2.50. The van der Waals surface area contributed by atoms with Gasteiger partial charge in [-0.25, -0.2) is 9.59 Å². The van der Waals surface area contributed by atoms with E-state index in [1.165, 1.54) is 0 Å². The maximum absolute atomic E-state index is 12.0. The monoisotopic (exact) mass is 356 g/mol. The molecule has 138 valence electrons. The quantitative estimate of drug-likeness (QED) is 0.586. The van der Waals surface area contributed by atoms with Crippen LogP contribution in [0.2, 0.25) is 0 Å². The minimum Gasteiger partial charge on any atom is -0.492 e. The molecule has 26 heavy (non-hydrogen) atoms. The summed E-state index contributed by atoms with van der Waals surface area (Å²) in [7, 11) is 0. The van der Waals surface area contributed by atoms with Gasteiger partial charge in [-0.1, -0.05) is 18.2 Å². The summed E-state index contributed by atoms with van der Waals surface area (Å²) >= 11 is 0. The van der Waals surface area contributed by atoms with Gasteiger partial charge in [-0.2, -0.15) is 0 Å². The van der Waals surface area contributed by atoms with E-state index in [4.69, 9.17) is 9.47 Å². The summed E-state index contributed by atoms with van der Waals surface area (Å²) in [6.07, 6.45) is 0. The molecule has 0 radical (unpaired) electrons. The van der Waals surface area contributed by atoms with Crippen LogP contribution in [0, 0.1) is 13.8 Å². The molecule has 0 unspecified atom stereocenters. The number of para-hydroxylation sites is 1. The molecule has 6 nitrogen and oxygen atoms in total. The van der Waals surface area contributed by atoms with Gasteiger partial charge in [0, 0.05) is 0 Å². The van der Waals surface area contributed by atoms with Crippen molar-refractivity contribution in [2.45, 2.75) is 20.8 Å². The first-order chi connectivity index (χ1) is 12.5. The Balaban J connectivity index is 1.83. The van der Waals surface area contributed by atoms with Crippen molar-refractivity contribution in [1.82, 2.24) is 5.32 Å². The third kappa shape index (κ3) is 5.81. The van der Waals surface area contributed by atoms with E-state index in [0.29, 0.717) is 24.4 Å². The second-order valence-corrected chi connectivity index (χ2v) is 5.82. The number of ether oxygens (including phenoxy) is 2. The summed E-state index contributed by atoms with van der Waals surface area (Å²) in [6, 6.07) is 12.3. The van der Waals surface area contributed by atoms with Gasteiger partial charge in [-0.15, -0.1) is 0 Å². The minimum absolute atomic E-state index is 0.273. The number of benzene rings is 2. The molecule has 2 aromatic carbocycles. The van der Waals surface area contributed by atoms with Gasteiger partial charge in [0.2, 0.25) is 0 Å². The third-order valence-corrected chi connectivity index (χ3v) is 3.52. The lowest BCUT2D eigenvalue weighted by Gasteiger charge is -2.12. The zero-order chi connectivity index (χ0) is 18.9. The second-order valence-electron chi connectivity index (χ2n) is 5.82. The summed E-state index contributed by atoms with van der Waals surface area (Å²) in [4.78, 5) is 23.9. The molecular formula is C20H24N2O4. The van der Waals surface area contributed by atoms with E-state index in [0.717, 1.165) is 16.9 Å². The Kier molecular flexibility index (Phi) is 7.02. The Morgan fingerprint density at radius 1 is 1.04 bits per heavy atom.